The molecule has 1 heterocycles. The molecule has 1 amide bonds. The van der Waals surface area contributed by atoms with E-state index in [0.29, 0.717) is 23.7 Å². The molecular formula is C19H27N3O3S2. The van der Waals surface area contributed by atoms with Crippen LogP contribution in [0.15, 0.2) is 23.1 Å². The van der Waals surface area contributed by atoms with Crippen LogP contribution in [0.3, 0.4) is 0 Å². The van der Waals surface area contributed by atoms with E-state index in [1.165, 1.54) is 11.3 Å². The molecule has 0 bridgehead atoms. The molecule has 8 heteroatoms. The molecule has 27 heavy (non-hydrogen) atoms. The summed E-state index contributed by atoms with van der Waals surface area (Å²) in [6, 6.07) is 4.99. The van der Waals surface area contributed by atoms with Crippen LogP contribution in [0.2, 0.25) is 0 Å². The maximum atomic E-state index is 13.2. The molecule has 0 saturated heterocycles. The molecule has 0 atom stereocenters. The Bertz CT molecular complexity index is 921. The van der Waals surface area contributed by atoms with Crippen LogP contribution in [0.4, 0.5) is 5.13 Å². The van der Waals surface area contributed by atoms with Gasteiger partial charge in [-0.05, 0) is 42.9 Å². The Hall–Kier alpha value is -1.51. The van der Waals surface area contributed by atoms with Gasteiger partial charge in [-0.25, -0.2) is 13.4 Å². The van der Waals surface area contributed by atoms with Gasteiger partial charge in [-0.15, -0.1) is 0 Å². The molecule has 0 unspecified atom stereocenters. The topological polar surface area (TPSA) is 79.4 Å². The smallest absolute Gasteiger partial charge is 0.243 e. The molecule has 1 fully saturated rings. The van der Waals surface area contributed by atoms with Crippen LogP contribution in [0.5, 0.6) is 0 Å². The van der Waals surface area contributed by atoms with Gasteiger partial charge in [0.2, 0.25) is 15.9 Å². The quantitative estimate of drug-likeness (QED) is 0.716. The Labute approximate surface area is 165 Å². The van der Waals surface area contributed by atoms with E-state index in [1.54, 1.807) is 22.5 Å². The first kappa shape index (κ1) is 20.2. The summed E-state index contributed by atoms with van der Waals surface area (Å²) in [6.45, 7) is 9.05. The summed E-state index contributed by atoms with van der Waals surface area (Å²) in [6.07, 6.45) is 1.86. The van der Waals surface area contributed by atoms with Crippen molar-refractivity contribution >= 4 is 42.6 Å². The summed E-state index contributed by atoms with van der Waals surface area (Å²) in [5.74, 6) is 0.598. The number of carbonyl (C=O) groups is 1. The molecule has 0 spiro atoms. The van der Waals surface area contributed by atoms with E-state index in [1.807, 2.05) is 27.7 Å². The number of nitrogens with zero attached hydrogens (tertiary/aromatic N) is 2. The fraction of sp³-hybridized carbons (Fsp3) is 0.579. The predicted molar refractivity (Wildman–Crippen MR) is 109 cm³/mol. The normalized spacial score (nSPS) is 15.2. The van der Waals surface area contributed by atoms with Crippen LogP contribution in [-0.2, 0) is 14.8 Å². The van der Waals surface area contributed by atoms with Crippen LogP contribution < -0.4 is 5.32 Å². The highest BCUT2D eigenvalue weighted by atomic mass is 32.2. The minimum absolute atomic E-state index is 0.00180. The zero-order valence-electron chi connectivity index (χ0n) is 16.2. The van der Waals surface area contributed by atoms with Crippen molar-refractivity contribution < 1.29 is 13.2 Å². The Balaban J connectivity index is 1.88. The fourth-order valence-electron chi connectivity index (χ4n) is 2.91. The first-order valence-corrected chi connectivity index (χ1v) is 11.6. The SMILES string of the molecule is CC(C)CN(CC(C)C)S(=O)(=O)c1ccc2nc(NC(=O)C3CC3)sc2c1. The van der Waals surface area contributed by atoms with Crippen molar-refractivity contribution in [3.63, 3.8) is 0 Å². The van der Waals surface area contributed by atoms with E-state index in [9.17, 15) is 13.2 Å². The zero-order valence-corrected chi connectivity index (χ0v) is 17.9. The zero-order chi connectivity index (χ0) is 19.8. The second-order valence-electron chi connectivity index (χ2n) is 8.02. The molecule has 1 aromatic carbocycles. The third-order valence-corrected chi connectivity index (χ3v) is 7.07. The number of hydrogen-bond acceptors (Lipinski definition) is 5. The van der Waals surface area contributed by atoms with Gasteiger partial charge in [0.15, 0.2) is 5.13 Å². The van der Waals surface area contributed by atoms with Crippen molar-refractivity contribution in [3.8, 4) is 0 Å². The van der Waals surface area contributed by atoms with Crippen molar-refractivity contribution in [2.45, 2.75) is 45.4 Å². The number of benzene rings is 1. The number of fused-ring (bicyclic) bond motifs is 1. The molecule has 1 saturated carbocycles. The van der Waals surface area contributed by atoms with Crippen molar-refractivity contribution in [2.75, 3.05) is 18.4 Å². The lowest BCUT2D eigenvalue weighted by molar-refractivity contribution is -0.117. The number of amides is 1. The lowest BCUT2D eigenvalue weighted by Gasteiger charge is -2.25. The van der Waals surface area contributed by atoms with E-state index >= 15 is 0 Å². The third-order valence-electron chi connectivity index (χ3n) is 4.31. The van der Waals surface area contributed by atoms with Crippen LogP contribution in [-0.4, -0.2) is 36.7 Å². The number of hydrogen-bond donors (Lipinski definition) is 1. The average molecular weight is 410 g/mol. The number of aromatic nitrogens is 1. The van der Waals surface area contributed by atoms with Crippen LogP contribution in [0, 0.1) is 17.8 Å². The molecular weight excluding hydrogens is 382 g/mol. The maximum absolute atomic E-state index is 13.2. The standard InChI is InChI=1S/C19H27N3O3S2/c1-12(2)10-22(11-13(3)4)27(24,25)15-7-8-16-17(9-15)26-19(20-16)21-18(23)14-5-6-14/h7-9,12-14H,5-6,10-11H2,1-4H3,(H,20,21,23). The van der Waals surface area contributed by atoms with Crippen molar-refractivity contribution in [1.29, 1.82) is 0 Å². The highest BCUT2D eigenvalue weighted by Gasteiger charge is 2.30. The first-order valence-electron chi connectivity index (χ1n) is 9.38. The molecule has 6 nitrogen and oxygen atoms in total. The summed E-state index contributed by atoms with van der Waals surface area (Å²) < 4.78 is 28.7. The van der Waals surface area contributed by atoms with Gasteiger partial charge >= 0.3 is 0 Å². The van der Waals surface area contributed by atoms with E-state index in [0.717, 1.165) is 17.5 Å². The second-order valence-corrected chi connectivity index (χ2v) is 11.0. The monoisotopic (exact) mass is 409 g/mol. The van der Waals surface area contributed by atoms with Gasteiger partial charge in [0.05, 0.1) is 15.1 Å². The molecule has 1 aliphatic rings. The van der Waals surface area contributed by atoms with Crippen molar-refractivity contribution in [3.05, 3.63) is 18.2 Å². The molecule has 1 aliphatic carbocycles. The molecule has 1 aromatic heterocycles. The second kappa shape index (κ2) is 7.85. The maximum Gasteiger partial charge on any atom is 0.243 e. The number of anilines is 1. The summed E-state index contributed by atoms with van der Waals surface area (Å²) in [7, 11) is -3.58. The Morgan fingerprint density at radius 1 is 1.22 bits per heavy atom. The van der Waals surface area contributed by atoms with E-state index in [4.69, 9.17) is 0 Å². The van der Waals surface area contributed by atoms with Crippen LogP contribution >= 0.6 is 11.3 Å². The number of carbonyl (C=O) groups excluding carboxylic acids is 1. The van der Waals surface area contributed by atoms with Gasteiger partial charge in [0, 0.05) is 19.0 Å². The minimum Gasteiger partial charge on any atom is -0.302 e. The van der Waals surface area contributed by atoms with Gasteiger partial charge in [0.1, 0.15) is 0 Å². The highest BCUT2D eigenvalue weighted by Crippen LogP contribution is 2.33. The summed E-state index contributed by atoms with van der Waals surface area (Å²) in [5, 5.41) is 3.36. The lowest BCUT2D eigenvalue weighted by Crippen LogP contribution is -2.37. The largest absolute Gasteiger partial charge is 0.302 e. The fourth-order valence-corrected chi connectivity index (χ4v) is 5.68. The average Bonchev–Trinajstić information content (AvgIpc) is 3.33. The van der Waals surface area contributed by atoms with Gasteiger partial charge in [-0.3, -0.25) is 4.79 Å². The Morgan fingerprint density at radius 3 is 2.41 bits per heavy atom. The van der Waals surface area contributed by atoms with Crippen molar-refractivity contribution in [2.24, 2.45) is 17.8 Å². The van der Waals surface area contributed by atoms with Gasteiger partial charge in [-0.2, -0.15) is 4.31 Å². The summed E-state index contributed by atoms with van der Waals surface area (Å²) in [5.41, 5.74) is 0.698. The van der Waals surface area contributed by atoms with Gasteiger partial charge in [0.25, 0.3) is 0 Å². The van der Waals surface area contributed by atoms with Crippen LogP contribution in [0.25, 0.3) is 10.2 Å². The van der Waals surface area contributed by atoms with Gasteiger partial charge in [-0.1, -0.05) is 39.0 Å². The number of nitrogens with one attached hydrogen (secondary N) is 1. The molecule has 0 radical (unpaired) electrons. The number of thiazole rings is 1. The van der Waals surface area contributed by atoms with E-state index in [2.05, 4.69) is 10.3 Å². The van der Waals surface area contributed by atoms with Crippen molar-refractivity contribution in [1.82, 2.24) is 9.29 Å². The number of sulfonamides is 1. The van der Waals surface area contributed by atoms with E-state index in [-0.39, 0.29) is 28.6 Å². The third kappa shape index (κ3) is 4.86. The van der Waals surface area contributed by atoms with E-state index < -0.39 is 10.0 Å². The number of rotatable bonds is 8. The Kier molecular flexibility index (Phi) is 5.88. The lowest BCUT2D eigenvalue weighted by atomic mass is 10.2. The van der Waals surface area contributed by atoms with Crippen LogP contribution in [0.1, 0.15) is 40.5 Å². The predicted octanol–water partition coefficient (Wildman–Crippen LogP) is 3.95. The summed E-state index contributed by atoms with van der Waals surface area (Å²) >= 11 is 1.31. The molecule has 148 valence electrons. The molecule has 3 rings (SSSR count). The van der Waals surface area contributed by atoms with Gasteiger partial charge < -0.3 is 5.32 Å². The summed E-state index contributed by atoms with van der Waals surface area (Å²) in [4.78, 5) is 16.6. The Morgan fingerprint density at radius 2 is 1.85 bits per heavy atom. The molecule has 1 N–H and O–H groups in total. The highest BCUT2D eigenvalue weighted by molar-refractivity contribution is 7.89. The first-order chi connectivity index (χ1) is 12.7. The minimum atomic E-state index is -3.58. The molecule has 0 aliphatic heterocycles. The molecule has 2 aromatic rings.